The number of hydrogen-bond acceptors (Lipinski definition) is 3. The molecule has 0 radical (unpaired) electrons. The van der Waals surface area contributed by atoms with Crippen molar-refractivity contribution in [1.82, 2.24) is 0 Å². The first-order valence-electron chi connectivity index (χ1n) is 9.22. The van der Waals surface area contributed by atoms with Crippen LogP contribution in [0.2, 0.25) is 0 Å². The van der Waals surface area contributed by atoms with E-state index in [1.165, 1.54) is 12.8 Å². The molecule has 26 heavy (non-hydrogen) atoms. The van der Waals surface area contributed by atoms with Crippen LogP contribution in [0.5, 0.6) is 11.5 Å². The van der Waals surface area contributed by atoms with Crippen molar-refractivity contribution in [3.8, 4) is 11.5 Å². The number of carbonyl (C=O) groups is 1. The van der Waals surface area contributed by atoms with E-state index in [-0.39, 0.29) is 12.0 Å². The lowest BCUT2D eigenvalue weighted by atomic mass is 9.81. The van der Waals surface area contributed by atoms with E-state index in [4.69, 9.17) is 9.47 Å². The van der Waals surface area contributed by atoms with Crippen molar-refractivity contribution >= 4 is 5.97 Å². The number of benzene rings is 2. The van der Waals surface area contributed by atoms with Gasteiger partial charge in [-0.05, 0) is 48.9 Å². The van der Waals surface area contributed by atoms with E-state index < -0.39 is 11.9 Å². The molecular weight excluding hydrogens is 328 g/mol. The normalized spacial score (nSPS) is 16.8. The van der Waals surface area contributed by atoms with Crippen LogP contribution in [-0.2, 0) is 4.79 Å². The van der Waals surface area contributed by atoms with Crippen LogP contribution in [0.25, 0.3) is 0 Å². The highest BCUT2D eigenvalue weighted by Crippen LogP contribution is 2.38. The molecule has 0 aliphatic heterocycles. The Morgan fingerprint density at radius 1 is 1.04 bits per heavy atom. The summed E-state index contributed by atoms with van der Waals surface area (Å²) in [7, 11) is 1.63. The lowest BCUT2D eigenvalue weighted by Crippen LogP contribution is -2.20. The van der Waals surface area contributed by atoms with Gasteiger partial charge >= 0.3 is 5.97 Å². The predicted molar refractivity (Wildman–Crippen MR) is 101 cm³/mol. The molecule has 2 unspecified atom stereocenters. The molecule has 0 bridgehead atoms. The summed E-state index contributed by atoms with van der Waals surface area (Å²) in [6.45, 7) is 1.75. The Hall–Kier alpha value is -2.49. The summed E-state index contributed by atoms with van der Waals surface area (Å²) in [4.78, 5) is 11.7. The van der Waals surface area contributed by atoms with Gasteiger partial charge in [-0.1, -0.05) is 43.3 Å². The fraction of sp³-hybridized carbons (Fsp3) is 0.409. The van der Waals surface area contributed by atoms with Crippen LogP contribution >= 0.6 is 0 Å². The number of aliphatic carboxylic acids is 1. The van der Waals surface area contributed by atoms with Crippen molar-refractivity contribution < 1.29 is 19.4 Å². The van der Waals surface area contributed by atoms with Gasteiger partial charge < -0.3 is 14.6 Å². The van der Waals surface area contributed by atoms with Crippen LogP contribution in [0.15, 0.2) is 48.5 Å². The molecule has 0 spiro atoms. The smallest absolute Gasteiger partial charge is 0.307 e. The quantitative estimate of drug-likeness (QED) is 0.771. The highest BCUT2D eigenvalue weighted by atomic mass is 16.5. The third-order valence-corrected chi connectivity index (χ3v) is 5.19. The third-order valence-electron chi connectivity index (χ3n) is 5.19. The Balaban J connectivity index is 1.99. The van der Waals surface area contributed by atoms with Gasteiger partial charge in [0.1, 0.15) is 0 Å². The molecule has 1 N–H and O–H groups in total. The lowest BCUT2D eigenvalue weighted by Gasteiger charge is -2.24. The van der Waals surface area contributed by atoms with E-state index in [9.17, 15) is 9.90 Å². The molecule has 2 aromatic rings. The molecule has 4 nitrogen and oxygen atoms in total. The van der Waals surface area contributed by atoms with E-state index in [2.05, 4.69) is 0 Å². The molecule has 1 aliphatic rings. The van der Waals surface area contributed by atoms with Gasteiger partial charge in [-0.2, -0.15) is 0 Å². The molecule has 138 valence electrons. The average Bonchev–Trinajstić information content (AvgIpc) is 3.16. The van der Waals surface area contributed by atoms with Crippen molar-refractivity contribution in [2.75, 3.05) is 7.11 Å². The van der Waals surface area contributed by atoms with Crippen LogP contribution in [0.3, 0.4) is 0 Å². The lowest BCUT2D eigenvalue weighted by molar-refractivity contribution is -0.141. The largest absolute Gasteiger partial charge is 0.493 e. The predicted octanol–water partition coefficient (Wildman–Crippen LogP) is 4.87. The van der Waals surface area contributed by atoms with Gasteiger partial charge in [0.15, 0.2) is 11.5 Å². The van der Waals surface area contributed by atoms with Crippen molar-refractivity contribution in [1.29, 1.82) is 0 Å². The third kappa shape index (κ3) is 4.01. The SMILES string of the molecule is COc1ccc(C(c2ccccc2)C(C)C(=O)O)cc1OC1CCCC1. The van der Waals surface area contributed by atoms with Crippen LogP contribution < -0.4 is 9.47 Å². The van der Waals surface area contributed by atoms with Crippen LogP contribution in [0.4, 0.5) is 0 Å². The maximum Gasteiger partial charge on any atom is 0.307 e. The molecule has 1 fully saturated rings. The zero-order valence-corrected chi connectivity index (χ0v) is 15.4. The van der Waals surface area contributed by atoms with Crippen LogP contribution in [0.1, 0.15) is 49.7 Å². The standard InChI is InChI=1S/C22H26O4/c1-15(22(23)24)21(16-8-4-3-5-9-16)17-12-13-19(25-2)20(14-17)26-18-10-6-7-11-18/h3-5,8-9,12-15,18,21H,6-7,10-11H2,1-2H3,(H,23,24). The second kappa shape index (κ2) is 8.26. The Labute approximate surface area is 154 Å². The van der Waals surface area contributed by atoms with Gasteiger partial charge in [-0.3, -0.25) is 4.79 Å². The highest BCUT2D eigenvalue weighted by molar-refractivity contribution is 5.72. The van der Waals surface area contributed by atoms with E-state index >= 15 is 0 Å². The molecule has 0 aromatic heterocycles. The first kappa shape index (κ1) is 18.3. The topological polar surface area (TPSA) is 55.8 Å². The minimum Gasteiger partial charge on any atom is -0.493 e. The number of carboxylic acids is 1. The molecule has 1 aliphatic carbocycles. The number of hydrogen-bond donors (Lipinski definition) is 1. The van der Waals surface area contributed by atoms with Gasteiger partial charge in [0.2, 0.25) is 0 Å². The van der Waals surface area contributed by atoms with E-state index in [1.54, 1.807) is 14.0 Å². The first-order chi connectivity index (χ1) is 12.6. The van der Waals surface area contributed by atoms with Crippen molar-refractivity contribution in [2.24, 2.45) is 5.92 Å². The number of rotatable bonds is 7. The van der Waals surface area contributed by atoms with Crippen LogP contribution in [-0.4, -0.2) is 24.3 Å². The molecule has 4 heteroatoms. The molecular formula is C22H26O4. The molecule has 0 heterocycles. The average molecular weight is 354 g/mol. The van der Waals surface area contributed by atoms with Gasteiger partial charge in [-0.25, -0.2) is 0 Å². The molecule has 2 aromatic carbocycles. The van der Waals surface area contributed by atoms with E-state index in [0.717, 1.165) is 24.0 Å². The summed E-state index contributed by atoms with van der Waals surface area (Å²) in [5.74, 6) is -0.213. The van der Waals surface area contributed by atoms with Crippen molar-refractivity contribution in [3.63, 3.8) is 0 Å². The Morgan fingerprint density at radius 2 is 1.73 bits per heavy atom. The van der Waals surface area contributed by atoms with Gasteiger partial charge in [0.05, 0.1) is 19.1 Å². The van der Waals surface area contributed by atoms with Gasteiger partial charge in [-0.15, -0.1) is 0 Å². The maximum atomic E-state index is 11.7. The summed E-state index contributed by atoms with van der Waals surface area (Å²) in [5.41, 5.74) is 1.92. The van der Waals surface area contributed by atoms with Gasteiger partial charge in [0, 0.05) is 5.92 Å². The molecule has 0 saturated heterocycles. The van der Waals surface area contributed by atoms with E-state index in [0.29, 0.717) is 11.5 Å². The highest BCUT2D eigenvalue weighted by Gasteiger charge is 2.28. The molecule has 2 atom stereocenters. The maximum absolute atomic E-state index is 11.7. The Morgan fingerprint density at radius 3 is 2.35 bits per heavy atom. The number of methoxy groups -OCH3 is 1. The zero-order valence-electron chi connectivity index (χ0n) is 15.4. The second-order valence-electron chi connectivity index (χ2n) is 6.95. The summed E-state index contributed by atoms with van der Waals surface area (Å²) in [6.07, 6.45) is 4.71. The van der Waals surface area contributed by atoms with E-state index in [1.807, 2.05) is 48.5 Å². The summed E-state index contributed by atoms with van der Waals surface area (Å²) in [6, 6.07) is 15.6. The second-order valence-corrected chi connectivity index (χ2v) is 6.95. The monoisotopic (exact) mass is 354 g/mol. The number of carboxylic acid groups (broad SMARTS) is 1. The first-order valence-corrected chi connectivity index (χ1v) is 9.22. The minimum absolute atomic E-state index is 0.214. The van der Waals surface area contributed by atoms with Gasteiger partial charge in [0.25, 0.3) is 0 Å². The van der Waals surface area contributed by atoms with Crippen molar-refractivity contribution in [3.05, 3.63) is 59.7 Å². The zero-order chi connectivity index (χ0) is 18.5. The number of ether oxygens (including phenoxy) is 2. The van der Waals surface area contributed by atoms with Crippen molar-refractivity contribution in [2.45, 2.75) is 44.6 Å². The summed E-state index contributed by atoms with van der Waals surface area (Å²) < 4.78 is 11.7. The fourth-order valence-electron chi connectivity index (χ4n) is 3.74. The molecule has 0 amide bonds. The minimum atomic E-state index is -0.812. The van der Waals surface area contributed by atoms with Crippen LogP contribution in [0, 0.1) is 5.92 Å². The Bertz CT molecular complexity index is 735. The summed E-state index contributed by atoms with van der Waals surface area (Å²) in [5, 5.41) is 9.62. The Kier molecular flexibility index (Phi) is 5.82. The molecule has 3 rings (SSSR count). The fourth-order valence-corrected chi connectivity index (χ4v) is 3.74. The summed E-state index contributed by atoms with van der Waals surface area (Å²) >= 11 is 0. The molecule has 1 saturated carbocycles.